The minimum absolute atomic E-state index is 0.0413. The Morgan fingerprint density at radius 3 is 2.48 bits per heavy atom. The molecule has 0 saturated heterocycles. The Balaban J connectivity index is 2.74. The Kier molecular flexibility index (Phi) is 8.05. The number of carbonyl (C=O) groups is 2. The highest BCUT2D eigenvalue weighted by Gasteiger charge is 2.17. The lowest BCUT2D eigenvalue weighted by atomic mass is 10.1. The zero-order valence-corrected chi connectivity index (χ0v) is 16.0. The van der Waals surface area contributed by atoms with E-state index < -0.39 is 15.9 Å². The summed E-state index contributed by atoms with van der Waals surface area (Å²) in [5, 5.41) is 5.48. The minimum Gasteiger partial charge on any atom is -0.354 e. The molecule has 0 aliphatic rings. The largest absolute Gasteiger partial charge is 0.354 e. The first kappa shape index (κ1) is 21.1. The number of nitrogens with one attached hydrogen (secondary N) is 3. The third-order valence-corrected chi connectivity index (χ3v) is 5.30. The Morgan fingerprint density at radius 2 is 1.88 bits per heavy atom. The summed E-state index contributed by atoms with van der Waals surface area (Å²) < 4.78 is 26.5. The summed E-state index contributed by atoms with van der Waals surface area (Å²) in [5.41, 5.74) is 0.943. The van der Waals surface area contributed by atoms with Gasteiger partial charge < -0.3 is 10.6 Å². The van der Waals surface area contributed by atoms with Crippen molar-refractivity contribution in [2.75, 3.05) is 13.1 Å². The highest BCUT2D eigenvalue weighted by atomic mass is 32.2. The fraction of sp³-hybridized carbons (Fsp3) is 0.529. The standard InChI is InChI=1S/C17H27N3O4S/c1-5-13(4)20-16(21)9-10-18-17(22)15-11-14(8-7-12(15)3)25(23,24)19-6-2/h7-8,11,13,19H,5-6,9-10H2,1-4H3,(H,18,22)(H,20,21). The van der Waals surface area contributed by atoms with E-state index in [4.69, 9.17) is 0 Å². The average Bonchev–Trinajstić information content (AvgIpc) is 2.54. The fourth-order valence-electron chi connectivity index (χ4n) is 2.12. The van der Waals surface area contributed by atoms with E-state index in [0.717, 1.165) is 6.42 Å². The number of rotatable bonds is 9. The van der Waals surface area contributed by atoms with E-state index >= 15 is 0 Å². The van der Waals surface area contributed by atoms with Crippen LogP contribution in [0.1, 0.15) is 49.5 Å². The van der Waals surface area contributed by atoms with Crippen molar-refractivity contribution in [3.63, 3.8) is 0 Å². The van der Waals surface area contributed by atoms with Crippen LogP contribution in [0.3, 0.4) is 0 Å². The van der Waals surface area contributed by atoms with Crippen LogP contribution in [0, 0.1) is 6.92 Å². The highest BCUT2D eigenvalue weighted by molar-refractivity contribution is 7.89. The van der Waals surface area contributed by atoms with Crippen molar-refractivity contribution < 1.29 is 18.0 Å². The second-order valence-corrected chi connectivity index (χ2v) is 7.63. The van der Waals surface area contributed by atoms with Gasteiger partial charge in [0.25, 0.3) is 5.91 Å². The van der Waals surface area contributed by atoms with Crippen molar-refractivity contribution in [3.8, 4) is 0 Å². The van der Waals surface area contributed by atoms with Gasteiger partial charge in [0.05, 0.1) is 4.90 Å². The number of hydrogen-bond donors (Lipinski definition) is 3. The summed E-state index contributed by atoms with van der Waals surface area (Å²) >= 11 is 0. The van der Waals surface area contributed by atoms with Gasteiger partial charge in [0.1, 0.15) is 0 Å². The maximum absolute atomic E-state index is 12.3. The van der Waals surface area contributed by atoms with Gasteiger partial charge >= 0.3 is 0 Å². The van der Waals surface area contributed by atoms with Gasteiger partial charge in [-0.25, -0.2) is 13.1 Å². The van der Waals surface area contributed by atoms with Crippen LogP contribution in [-0.2, 0) is 14.8 Å². The third kappa shape index (κ3) is 6.47. The summed E-state index contributed by atoms with van der Waals surface area (Å²) in [6, 6.07) is 4.50. The Labute approximate surface area is 149 Å². The lowest BCUT2D eigenvalue weighted by molar-refractivity contribution is -0.121. The van der Waals surface area contributed by atoms with Gasteiger partial charge in [-0.1, -0.05) is 19.9 Å². The summed E-state index contributed by atoms with van der Waals surface area (Å²) in [5.74, 6) is -0.530. The van der Waals surface area contributed by atoms with Crippen molar-refractivity contribution in [2.24, 2.45) is 0 Å². The summed E-state index contributed by atoms with van der Waals surface area (Å²) in [4.78, 5) is 24.1. The van der Waals surface area contributed by atoms with Gasteiger partial charge in [-0.15, -0.1) is 0 Å². The van der Waals surface area contributed by atoms with Crippen molar-refractivity contribution >= 4 is 21.8 Å². The molecule has 0 spiro atoms. The molecule has 0 bridgehead atoms. The maximum Gasteiger partial charge on any atom is 0.251 e. The van der Waals surface area contributed by atoms with E-state index in [1.165, 1.54) is 12.1 Å². The number of sulfonamides is 1. The number of amides is 2. The number of aryl methyl sites for hydroxylation is 1. The molecular formula is C17H27N3O4S. The molecule has 0 aromatic heterocycles. The summed E-state index contributed by atoms with van der Waals surface area (Å²) in [6.45, 7) is 7.76. The van der Waals surface area contributed by atoms with Crippen LogP contribution in [-0.4, -0.2) is 39.4 Å². The molecule has 0 saturated carbocycles. The van der Waals surface area contributed by atoms with Gasteiger partial charge in [-0.2, -0.15) is 0 Å². The first-order valence-corrected chi connectivity index (χ1v) is 9.87. The van der Waals surface area contributed by atoms with Crippen molar-refractivity contribution in [2.45, 2.75) is 51.5 Å². The Bertz CT molecular complexity index is 717. The molecule has 0 aliphatic carbocycles. The molecule has 1 atom stereocenters. The van der Waals surface area contributed by atoms with Crippen LogP contribution >= 0.6 is 0 Å². The molecule has 1 aromatic carbocycles. The van der Waals surface area contributed by atoms with E-state index in [-0.39, 0.29) is 41.9 Å². The normalized spacial score (nSPS) is 12.5. The minimum atomic E-state index is -3.63. The quantitative estimate of drug-likeness (QED) is 0.611. The van der Waals surface area contributed by atoms with Crippen LogP contribution in [0.4, 0.5) is 0 Å². The molecule has 1 rings (SSSR count). The number of benzene rings is 1. The highest BCUT2D eigenvalue weighted by Crippen LogP contribution is 2.15. The van der Waals surface area contributed by atoms with Crippen LogP contribution < -0.4 is 15.4 Å². The molecule has 0 radical (unpaired) electrons. The van der Waals surface area contributed by atoms with E-state index in [0.29, 0.717) is 5.56 Å². The zero-order valence-electron chi connectivity index (χ0n) is 15.2. The molecular weight excluding hydrogens is 342 g/mol. The predicted molar refractivity (Wildman–Crippen MR) is 96.9 cm³/mol. The van der Waals surface area contributed by atoms with Gasteiger partial charge in [0.15, 0.2) is 0 Å². The lowest BCUT2D eigenvalue weighted by Crippen LogP contribution is -2.35. The third-order valence-electron chi connectivity index (χ3n) is 3.76. The van der Waals surface area contributed by atoms with Gasteiger partial charge in [-0.3, -0.25) is 9.59 Å². The summed E-state index contributed by atoms with van der Waals surface area (Å²) in [6.07, 6.45) is 1.01. The SMILES string of the molecule is CCNS(=O)(=O)c1ccc(C)c(C(=O)NCCC(=O)NC(C)CC)c1. The molecule has 1 aromatic rings. The topological polar surface area (TPSA) is 104 Å². The lowest BCUT2D eigenvalue weighted by Gasteiger charge is -2.12. The molecule has 140 valence electrons. The Morgan fingerprint density at radius 1 is 1.20 bits per heavy atom. The second kappa shape index (κ2) is 9.53. The van der Waals surface area contributed by atoms with E-state index in [2.05, 4.69) is 15.4 Å². The van der Waals surface area contributed by atoms with Crippen molar-refractivity contribution in [1.29, 1.82) is 0 Å². The summed E-state index contributed by atoms with van der Waals surface area (Å²) in [7, 11) is -3.63. The maximum atomic E-state index is 12.3. The van der Waals surface area contributed by atoms with Crippen LogP contribution in [0.25, 0.3) is 0 Å². The molecule has 1 unspecified atom stereocenters. The smallest absolute Gasteiger partial charge is 0.251 e. The van der Waals surface area contributed by atoms with Crippen LogP contribution in [0.2, 0.25) is 0 Å². The number of carbonyl (C=O) groups excluding carboxylic acids is 2. The molecule has 8 heteroatoms. The second-order valence-electron chi connectivity index (χ2n) is 5.86. The first-order valence-electron chi connectivity index (χ1n) is 8.39. The van der Waals surface area contributed by atoms with Crippen molar-refractivity contribution in [3.05, 3.63) is 29.3 Å². The van der Waals surface area contributed by atoms with Crippen molar-refractivity contribution in [1.82, 2.24) is 15.4 Å². The first-order chi connectivity index (χ1) is 11.7. The Hall–Kier alpha value is -1.93. The van der Waals surface area contributed by atoms with Gasteiger partial charge in [0.2, 0.25) is 15.9 Å². The monoisotopic (exact) mass is 369 g/mol. The van der Waals surface area contributed by atoms with E-state index in [1.54, 1.807) is 19.9 Å². The van der Waals surface area contributed by atoms with Gasteiger partial charge in [0, 0.05) is 31.1 Å². The van der Waals surface area contributed by atoms with E-state index in [1.807, 2.05) is 13.8 Å². The molecule has 0 fully saturated rings. The number of hydrogen-bond acceptors (Lipinski definition) is 4. The molecule has 2 amide bonds. The van der Waals surface area contributed by atoms with Crippen LogP contribution in [0.15, 0.2) is 23.1 Å². The molecule has 0 heterocycles. The molecule has 0 aliphatic heterocycles. The zero-order chi connectivity index (χ0) is 19.0. The van der Waals surface area contributed by atoms with Gasteiger partial charge in [-0.05, 0) is 38.0 Å². The molecule has 25 heavy (non-hydrogen) atoms. The molecule has 3 N–H and O–H groups in total. The van der Waals surface area contributed by atoms with Crippen LogP contribution in [0.5, 0.6) is 0 Å². The van der Waals surface area contributed by atoms with E-state index in [9.17, 15) is 18.0 Å². The fourth-order valence-corrected chi connectivity index (χ4v) is 3.19. The molecule has 7 nitrogen and oxygen atoms in total. The average molecular weight is 369 g/mol. The predicted octanol–water partition coefficient (Wildman–Crippen LogP) is 1.33.